The molecule has 0 bridgehead atoms. The lowest BCUT2D eigenvalue weighted by molar-refractivity contribution is 0.0483. The average molecular weight is 364 g/mol. The van der Waals surface area contributed by atoms with E-state index in [0.29, 0.717) is 17.9 Å². The molecule has 0 saturated carbocycles. The van der Waals surface area contributed by atoms with E-state index in [1.807, 2.05) is 6.07 Å². The maximum Gasteiger partial charge on any atom is 0.426 e. The minimum atomic E-state index is -0.712. The number of hydrogen-bond acceptors (Lipinski definition) is 4. The normalized spacial score (nSPS) is 10.9. The largest absolute Gasteiger partial charge is 0.493 e. The van der Waals surface area contributed by atoms with Gasteiger partial charge in [-0.2, -0.15) is 0 Å². The van der Waals surface area contributed by atoms with E-state index in [9.17, 15) is 9.59 Å². The third-order valence-corrected chi connectivity index (χ3v) is 3.56. The Bertz CT molecular complexity index is 567. The summed E-state index contributed by atoms with van der Waals surface area (Å²) in [6.07, 6.45) is 6.33. The minimum Gasteiger partial charge on any atom is -0.493 e. The van der Waals surface area contributed by atoms with Crippen LogP contribution in [0.5, 0.6) is 5.75 Å². The number of hydrazine groups is 1. The van der Waals surface area contributed by atoms with Crippen molar-refractivity contribution >= 4 is 12.0 Å². The third-order valence-electron chi connectivity index (χ3n) is 3.56. The van der Waals surface area contributed by atoms with Crippen LogP contribution in [-0.2, 0) is 4.74 Å². The Kier molecular flexibility index (Phi) is 9.55. The number of para-hydroxylation sites is 1. The van der Waals surface area contributed by atoms with Crippen LogP contribution in [0.3, 0.4) is 0 Å². The van der Waals surface area contributed by atoms with Crippen LogP contribution in [0.15, 0.2) is 24.3 Å². The standard InChI is InChI=1S/C20H32N2O4/c1-5-6-7-8-9-12-15-25-17-14-11-10-13-16(17)18(23)21-22-19(24)26-20(2,3)4/h10-11,13-14H,5-9,12,15H2,1-4H3,(H,21,23)(H,22,24). The van der Waals surface area contributed by atoms with E-state index in [1.54, 1.807) is 39.0 Å². The Morgan fingerprint density at radius 3 is 2.31 bits per heavy atom. The summed E-state index contributed by atoms with van der Waals surface area (Å²) < 4.78 is 10.8. The Labute approximate surface area is 156 Å². The van der Waals surface area contributed by atoms with Crippen molar-refractivity contribution in [2.24, 2.45) is 0 Å². The van der Waals surface area contributed by atoms with Crippen molar-refractivity contribution in [3.63, 3.8) is 0 Å². The molecule has 1 aromatic carbocycles. The number of carbonyl (C=O) groups is 2. The van der Waals surface area contributed by atoms with Gasteiger partial charge in [-0.05, 0) is 39.3 Å². The van der Waals surface area contributed by atoms with E-state index in [4.69, 9.17) is 9.47 Å². The van der Waals surface area contributed by atoms with Crippen LogP contribution < -0.4 is 15.6 Å². The van der Waals surface area contributed by atoms with Crippen LogP contribution in [0.2, 0.25) is 0 Å². The van der Waals surface area contributed by atoms with Crippen LogP contribution >= 0.6 is 0 Å². The Morgan fingerprint density at radius 2 is 1.62 bits per heavy atom. The summed E-state index contributed by atoms with van der Waals surface area (Å²) in [6.45, 7) is 8.01. The van der Waals surface area contributed by atoms with Gasteiger partial charge in [0.15, 0.2) is 0 Å². The van der Waals surface area contributed by atoms with Gasteiger partial charge >= 0.3 is 6.09 Å². The molecule has 0 aliphatic rings. The van der Waals surface area contributed by atoms with Gasteiger partial charge in [-0.1, -0.05) is 51.2 Å². The predicted octanol–water partition coefficient (Wildman–Crippen LogP) is 4.60. The molecule has 0 aliphatic carbocycles. The number of rotatable bonds is 9. The SMILES string of the molecule is CCCCCCCCOc1ccccc1C(=O)NNC(=O)OC(C)(C)C. The third kappa shape index (κ3) is 9.30. The van der Waals surface area contributed by atoms with Crippen molar-refractivity contribution in [1.82, 2.24) is 10.9 Å². The minimum absolute atomic E-state index is 0.370. The van der Waals surface area contributed by atoms with Gasteiger partial charge in [-0.25, -0.2) is 10.2 Å². The van der Waals surface area contributed by atoms with Crippen molar-refractivity contribution in [2.45, 2.75) is 71.8 Å². The van der Waals surface area contributed by atoms with Gasteiger partial charge in [0.2, 0.25) is 0 Å². The maximum absolute atomic E-state index is 12.3. The lowest BCUT2D eigenvalue weighted by Gasteiger charge is -2.20. The van der Waals surface area contributed by atoms with E-state index < -0.39 is 17.6 Å². The lowest BCUT2D eigenvalue weighted by Crippen LogP contribution is -2.44. The fourth-order valence-electron chi connectivity index (χ4n) is 2.32. The van der Waals surface area contributed by atoms with E-state index in [2.05, 4.69) is 17.8 Å². The second-order valence-electron chi connectivity index (χ2n) is 7.19. The van der Waals surface area contributed by atoms with E-state index >= 15 is 0 Å². The number of amides is 2. The first-order valence-corrected chi connectivity index (χ1v) is 9.34. The van der Waals surface area contributed by atoms with Gasteiger partial charge in [0.1, 0.15) is 11.4 Å². The summed E-state index contributed by atoms with van der Waals surface area (Å²) in [6, 6.07) is 6.97. The highest BCUT2D eigenvalue weighted by atomic mass is 16.6. The zero-order chi connectivity index (χ0) is 19.4. The zero-order valence-electron chi connectivity index (χ0n) is 16.4. The average Bonchev–Trinajstić information content (AvgIpc) is 2.58. The molecule has 6 heteroatoms. The highest BCUT2D eigenvalue weighted by molar-refractivity contribution is 5.97. The quantitative estimate of drug-likeness (QED) is 0.496. The molecule has 0 atom stereocenters. The van der Waals surface area contributed by atoms with Gasteiger partial charge < -0.3 is 9.47 Å². The maximum atomic E-state index is 12.3. The van der Waals surface area contributed by atoms with Crippen molar-refractivity contribution in [2.75, 3.05) is 6.61 Å². The predicted molar refractivity (Wildman–Crippen MR) is 102 cm³/mol. The molecule has 0 aromatic heterocycles. The summed E-state index contributed by atoms with van der Waals surface area (Å²) in [4.78, 5) is 23.9. The Balaban J connectivity index is 2.44. The number of nitrogens with one attached hydrogen (secondary N) is 2. The Hall–Kier alpha value is -2.24. The Morgan fingerprint density at radius 1 is 0.962 bits per heavy atom. The molecule has 1 aromatic rings. The molecule has 26 heavy (non-hydrogen) atoms. The molecule has 0 saturated heterocycles. The molecule has 2 amide bonds. The van der Waals surface area contributed by atoms with Gasteiger partial charge in [0.25, 0.3) is 5.91 Å². The van der Waals surface area contributed by atoms with Gasteiger partial charge in [-0.15, -0.1) is 0 Å². The summed E-state index contributed by atoms with van der Waals surface area (Å²) in [5.41, 5.74) is 4.33. The van der Waals surface area contributed by atoms with Gasteiger partial charge in [0, 0.05) is 0 Å². The first-order valence-electron chi connectivity index (χ1n) is 9.34. The number of benzene rings is 1. The number of hydrogen-bond donors (Lipinski definition) is 2. The molecule has 0 spiro atoms. The lowest BCUT2D eigenvalue weighted by atomic mass is 10.1. The molecular weight excluding hydrogens is 332 g/mol. The summed E-state index contributed by atoms with van der Waals surface area (Å²) in [5.74, 6) is 0.0546. The number of carbonyl (C=O) groups excluding carboxylic acids is 2. The van der Waals surface area contributed by atoms with Crippen molar-refractivity contribution in [3.05, 3.63) is 29.8 Å². The highest BCUT2D eigenvalue weighted by Gasteiger charge is 2.18. The summed E-state index contributed by atoms with van der Waals surface area (Å²) >= 11 is 0. The number of unbranched alkanes of at least 4 members (excludes halogenated alkanes) is 5. The van der Waals surface area contributed by atoms with E-state index in [0.717, 1.165) is 12.8 Å². The smallest absolute Gasteiger partial charge is 0.426 e. The fourth-order valence-corrected chi connectivity index (χ4v) is 2.32. The van der Waals surface area contributed by atoms with Crippen molar-refractivity contribution in [1.29, 1.82) is 0 Å². The zero-order valence-corrected chi connectivity index (χ0v) is 16.4. The first kappa shape index (κ1) is 21.8. The monoisotopic (exact) mass is 364 g/mol. The van der Waals surface area contributed by atoms with Crippen LogP contribution in [0, 0.1) is 0 Å². The van der Waals surface area contributed by atoms with Crippen molar-refractivity contribution < 1.29 is 19.1 Å². The highest BCUT2D eigenvalue weighted by Crippen LogP contribution is 2.18. The molecule has 0 heterocycles. The first-order chi connectivity index (χ1) is 12.3. The molecule has 6 nitrogen and oxygen atoms in total. The molecule has 0 unspecified atom stereocenters. The van der Waals surface area contributed by atoms with Crippen LogP contribution in [0.25, 0.3) is 0 Å². The second kappa shape index (κ2) is 11.4. The molecule has 0 fully saturated rings. The van der Waals surface area contributed by atoms with E-state index in [1.165, 1.54) is 25.7 Å². The molecule has 146 valence electrons. The second-order valence-corrected chi connectivity index (χ2v) is 7.19. The molecule has 0 aliphatic heterocycles. The fraction of sp³-hybridized carbons (Fsp3) is 0.600. The van der Waals surface area contributed by atoms with Crippen LogP contribution in [-0.4, -0.2) is 24.2 Å². The molecule has 1 rings (SSSR count). The summed E-state index contributed by atoms with van der Waals surface area (Å²) in [7, 11) is 0. The van der Waals surface area contributed by atoms with Crippen LogP contribution in [0.1, 0.15) is 76.6 Å². The van der Waals surface area contributed by atoms with Crippen molar-refractivity contribution in [3.8, 4) is 5.75 Å². The van der Waals surface area contributed by atoms with Crippen LogP contribution in [0.4, 0.5) is 4.79 Å². The molecule has 2 N–H and O–H groups in total. The number of ether oxygens (including phenoxy) is 2. The summed E-state index contributed by atoms with van der Waals surface area (Å²) in [5, 5.41) is 0. The van der Waals surface area contributed by atoms with Gasteiger partial charge in [-0.3, -0.25) is 10.2 Å². The molecular formula is C20H32N2O4. The topological polar surface area (TPSA) is 76.7 Å². The molecule has 0 radical (unpaired) electrons. The van der Waals surface area contributed by atoms with Gasteiger partial charge in [0.05, 0.1) is 12.2 Å². The van der Waals surface area contributed by atoms with E-state index in [-0.39, 0.29) is 0 Å².